The highest BCUT2D eigenvalue weighted by molar-refractivity contribution is 5.29. The zero-order chi connectivity index (χ0) is 11.1. The second kappa shape index (κ2) is 6.26. The van der Waals surface area contributed by atoms with Crippen LogP contribution >= 0.6 is 0 Å². The summed E-state index contributed by atoms with van der Waals surface area (Å²) in [4.78, 5) is 8.21. The fourth-order valence-electron chi connectivity index (χ4n) is 2.05. The number of hydrogen-bond acceptors (Lipinski definition) is 3. The Morgan fingerprint density at radius 2 is 2.19 bits per heavy atom. The van der Waals surface area contributed by atoms with Crippen molar-refractivity contribution in [1.82, 2.24) is 9.97 Å². The highest BCUT2D eigenvalue weighted by Gasteiger charge is 2.02. The van der Waals surface area contributed by atoms with Crippen LogP contribution in [0.1, 0.15) is 38.5 Å². The largest absolute Gasteiger partial charge is 0.368 e. The smallest absolute Gasteiger partial charge is 0.144 e. The SMILES string of the molecule is C1=C(CCNc2cnccn2)CCCCC1. The van der Waals surface area contributed by atoms with Gasteiger partial charge in [-0.05, 0) is 32.1 Å². The van der Waals surface area contributed by atoms with Gasteiger partial charge >= 0.3 is 0 Å². The van der Waals surface area contributed by atoms with Crippen LogP contribution in [-0.2, 0) is 0 Å². The van der Waals surface area contributed by atoms with Gasteiger partial charge in [0.25, 0.3) is 0 Å². The minimum Gasteiger partial charge on any atom is -0.368 e. The first-order valence-corrected chi connectivity index (χ1v) is 6.13. The van der Waals surface area contributed by atoms with Crippen LogP contribution in [0.5, 0.6) is 0 Å². The van der Waals surface area contributed by atoms with E-state index in [0.29, 0.717) is 0 Å². The van der Waals surface area contributed by atoms with Crippen molar-refractivity contribution in [2.75, 3.05) is 11.9 Å². The molecule has 1 heterocycles. The van der Waals surface area contributed by atoms with Crippen LogP contribution in [0.15, 0.2) is 30.2 Å². The van der Waals surface area contributed by atoms with E-state index in [-0.39, 0.29) is 0 Å². The predicted molar refractivity (Wildman–Crippen MR) is 66.3 cm³/mol. The van der Waals surface area contributed by atoms with Crippen LogP contribution in [0, 0.1) is 0 Å². The fraction of sp³-hybridized carbons (Fsp3) is 0.538. The molecule has 0 saturated heterocycles. The molecule has 2 rings (SSSR count). The van der Waals surface area contributed by atoms with Crippen molar-refractivity contribution in [2.45, 2.75) is 38.5 Å². The summed E-state index contributed by atoms with van der Waals surface area (Å²) >= 11 is 0. The zero-order valence-corrected chi connectivity index (χ0v) is 9.65. The Bertz CT molecular complexity index is 332. The quantitative estimate of drug-likeness (QED) is 0.787. The summed E-state index contributed by atoms with van der Waals surface area (Å²) in [7, 11) is 0. The first kappa shape index (κ1) is 11.1. The number of rotatable bonds is 4. The summed E-state index contributed by atoms with van der Waals surface area (Å²) in [6.07, 6.45) is 15.4. The molecule has 0 saturated carbocycles. The summed E-state index contributed by atoms with van der Waals surface area (Å²) in [6.45, 7) is 0.963. The minimum atomic E-state index is 0.872. The third kappa shape index (κ3) is 3.65. The van der Waals surface area contributed by atoms with E-state index in [1.165, 1.54) is 32.1 Å². The van der Waals surface area contributed by atoms with E-state index < -0.39 is 0 Å². The number of nitrogens with zero attached hydrogens (tertiary/aromatic N) is 2. The molecule has 0 amide bonds. The van der Waals surface area contributed by atoms with Gasteiger partial charge in [0.05, 0.1) is 6.20 Å². The van der Waals surface area contributed by atoms with E-state index in [2.05, 4.69) is 21.4 Å². The first-order chi connectivity index (χ1) is 7.95. The molecule has 0 atom stereocenters. The molecule has 1 aliphatic carbocycles. The van der Waals surface area contributed by atoms with Crippen molar-refractivity contribution in [1.29, 1.82) is 0 Å². The molecule has 0 unspecified atom stereocenters. The Hall–Kier alpha value is -1.38. The predicted octanol–water partition coefficient (Wildman–Crippen LogP) is 3.17. The molecule has 3 heteroatoms. The van der Waals surface area contributed by atoms with Crippen LogP contribution in [0.3, 0.4) is 0 Å². The summed E-state index contributed by atoms with van der Waals surface area (Å²) < 4.78 is 0. The third-order valence-electron chi connectivity index (χ3n) is 2.95. The second-order valence-corrected chi connectivity index (χ2v) is 4.23. The highest BCUT2D eigenvalue weighted by atomic mass is 15.0. The van der Waals surface area contributed by atoms with Gasteiger partial charge in [0, 0.05) is 18.9 Å². The molecule has 0 bridgehead atoms. The van der Waals surface area contributed by atoms with Gasteiger partial charge in [-0.25, -0.2) is 4.98 Å². The van der Waals surface area contributed by atoms with E-state index in [1.807, 2.05) is 0 Å². The summed E-state index contributed by atoms with van der Waals surface area (Å²) in [5.41, 5.74) is 1.61. The number of anilines is 1. The molecular formula is C13H19N3. The number of hydrogen-bond donors (Lipinski definition) is 1. The average molecular weight is 217 g/mol. The van der Waals surface area contributed by atoms with Gasteiger partial charge in [-0.1, -0.05) is 18.1 Å². The lowest BCUT2D eigenvalue weighted by atomic mass is 10.1. The van der Waals surface area contributed by atoms with Crippen molar-refractivity contribution in [2.24, 2.45) is 0 Å². The van der Waals surface area contributed by atoms with E-state index in [9.17, 15) is 0 Å². The lowest BCUT2D eigenvalue weighted by Gasteiger charge is -2.07. The Morgan fingerprint density at radius 1 is 1.19 bits per heavy atom. The van der Waals surface area contributed by atoms with Crippen LogP contribution < -0.4 is 5.32 Å². The number of aromatic nitrogens is 2. The molecule has 0 radical (unpaired) electrons. The van der Waals surface area contributed by atoms with Gasteiger partial charge in [-0.3, -0.25) is 4.98 Å². The van der Waals surface area contributed by atoms with Gasteiger partial charge in [0.1, 0.15) is 5.82 Å². The summed E-state index contributed by atoms with van der Waals surface area (Å²) in [5, 5.41) is 3.30. The normalized spacial score (nSPS) is 16.4. The molecule has 1 aromatic rings. The molecule has 0 aromatic carbocycles. The second-order valence-electron chi connectivity index (χ2n) is 4.23. The Morgan fingerprint density at radius 3 is 3.06 bits per heavy atom. The van der Waals surface area contributed by atoms with Crippen molar-refractivity contribution < 1.29 is 0 Å². The lowest BCUT2D eigenvalue weighted by Crippen LogP contribution is -2.04. The Balaban J connectivity index is 1.73. The Kier molecular flexibility index (Phi) is 4.35. The molecule has 0 aliphatic heterocycles. The minimum absolute atomic E-state index is 0.872. The first-order valence-electron chi connectivity index (χ1n) is 6.13. The molecule has 16 heavy (non-hydrogen) atoms. The van der Waals surface area contributed by atoms with Crippen molar-refractivity contribution >= 4 is 5.82 Å². The van der Waals surface area contributed by atoms with Crippen molar-refractivity contribution in [3.63, 3.8) is 0 Å². The third-order valence-corrected chi connectivity index (χ3v) is 2.95. The van der Waals surface area contributed by atoms with Crippen LogP contribution in [0.25, 0.3) is 0 Å². The molecule has 0 fully saturated rings. The maximum atomic E-state index is 4.19. The van der Waals surface area contributed by atoms with E-state index in [0.717, 1.165) is 18.8 Å². The van der Waals surface area contributed by atoms with Crippen LogP contribution in [0.2, 0.25) is 0 Å². The van der Waals surface area contributed by atoms with Gasteiger partial charge in [-0.2, -0.15) is 0 Å². The molecule has 3 nitrogen and oxygen atoms in total. The number of allylic oxidation sites excluding steroid dienone is 1. The average Bonchev–Trinajstić information content (AvgIpc) is 2.59. The zero-order valence-electron chi connectivity index (χ0n) is 9.65. The lowest BCUT2D eigenvalue weighted by molar-refractivity contribution is 0.704. The monoisotopic (exact) mass is 217 g/mol. The van der Waals surface area contributed by atoms with Gasteiger partial charge in [0.15, 0.2) is 0 Å². The maximum Gasteiger partial charge on any atom is 0.144 e. The van der Waals surface area contributed by atoms with Gasteiger partial charge < -0.3 is 5.32 Å². The summed E-state index contributed by atoms with van der Waals surface area (Å²) in [5.74, 6) is 0.872. The van der Waals surface area contributed by atoms with Crippen LogP contribution in [-0.4, -0.2) is 16.5 Å². The van der Waals surface area contributed by atoms with Crippen molar-refractivity contribution in [3.8, 4) is 0 Å². The van der Waals surface area contributed by atoms with Crippen molar-refractivity contribution in [3.05, 3.63) is 30.2 Å². The standard InChI is InChI=1S/C13H19N3/c1-2-4-6-12(5-3-1)7-8-15-13-11-14-9-10-16-13/h5,9-11H,1-4,6-8H2,(H,15,16). The van der Waals surface area contributed by atoms with E-state index in [1.54, 1.807) is 24.2 Å². The molecular weight excluding hydrogens is 198 g/mol. The summed E-state index contributed by atoms with van der Waals surface area (Å²) in [6, 6.07) is 0. The molecule has 86 valence electrons. The highest BCUT2D eigenvalue weighted by Crippen LogP contribution is 2.19. The fourth-order valence-corrected chi connectivity index (χ4v) is 2.05. The van der Waals surface area contributed by atoms with E-state index in [4.69, 9.17) is 0 Å². The maximum absolute atomic E-state index is 4.19. The Labute approximate surface area is 97.0 Å². The molecule has 1 aromatic heterocycles. The van der Waals surface area contributed by atoms with E-state index >= 15 is 0 Å². The molecule has 1 N–H and O–H groups in total. The molecule has 0 spiro atoms. The van der Waals surface area contributed by atoms with Gasteiger partial charge in [-0.15, -0.1) is 0 Å². The van der Waals surface area contributed by atoms with Crippen LogP contribution in [0.4, 0.5) is 5.82 Å². The topological polar surface area (TPSA) is 37.8 Å². The molecule has 1 aliphatic rings. The van der Waals surface area contributed by atoms with Gasteiger partial charge in [0.2, 0.25) is 0 Å². The number of nitrogens with one attached hydrogen (secondary N) is 1.